The van der Waals surface area contributed by atoms with E-state index in [2.05, 4.69) is 10.6 Å². The minimum atomic E-state index is -0.737. The minimum Gasteiger partial charge on any atom is -0.481 e. The molecular weight excluding hydrogens is 296 g/mol. The maximum Gasteiger partial charge on any atom is 0.315 e. The highest BCUT2D eigenvalue weighted by Gasteiger charge is 2.45. The summed E-state index contributed by atoms with van der Waals surface area (Å²) in [4.78, 5) is 23.0. The van der Waals surface area contributed by atoms with E-state index in [1.54, 1.807) is 0 Å². The van der Waals surface area contributed by atoms with Gasteiger partial charge in [0.2, 0.25) is 0 Å². The molecule has 6 nitrogen and oxygen atoms in total. The third kappa shape index (κ3) is 4.37. The number of hydrogen-bond donors (Lipinski definition) is 4. The van der Waals surface area contributed by atoms with Crippen molar-refractivity contribution in [3.8, 4) is 0 Å². The number of carbonyl (C=O) groups is 2. The van der Waals surface area contributed by atoms with Crippen molar-refractivity contribution in [3.05, 3.63) is 0 Å². The summed E-state index contributed by atoms with van der Waals surface area (Å²) in [6.07, 6.45) is 6.31. The molecule has 132 valence electrons. The van der Waals surface area contributed by atoms with Gasteiger partial charge in [0.15, 0.2) is 0 Å². The minimum absolute atomic E-state index is 0.0447. The van der Waals surface area contributed by atoms with E-state index >= 15 is 0 Å². The van der Waals surface area contributed by atoms with Crippen molar-refractivity contribution in [2.24, 2.45) is 11.3 Å². The fourth-order valence-corrected chi connectivity index (χ4v) is 3.82. The zero-order valence-corrected chi connectivity index (χ0v) is 14.2. The number of amides is 2. The molecule has 2 aliphatic carbocycles. The average molecular weight is 326 g/mol. The first-order valence-corrected chi connectivity index (χ1v) is 8.73. The van der Waals surface area contributed by atoms with E-state index in [9.17, 15) is 14.7 Å². The Hall–Kier alpha value is -1.30. The largest absolute Gasteiger partial charge is 0.481 e. The van der Waals surface area contributed by atoms with E-state index < -0.39 is 11.6 Å². The number of carboxylic acid groups (broad SMARTS) is 1. The zero-order valence-electron chi connectivity index (χ0n) is 14.2. The smallest absolute Gasteiger partial charge is 0.315 e. The summed E-state index contributed by atoms with van der Waals surface area (Å²) in [7, 11) is 0. The standard InChI is InChI=1S/C17H30N2O4/c1-16(2,17(23)9-3-4-10-17)11-18-15(22)19-13-7-5-12(6-8-13)14(20)21/h12-13,23H,3-11H2,1-2H3,(H,20,21)(H2,18,19,22). The number of carboxylic acids is 1. The molecule has 0 saturated heterocycles. The van der Waals surface area contributed by atoms with Crippen molar-refractivity contribution in [1.29, 1.82) is 0 Å². The SMILES string of the molecule is CC(C)(CNC(=O)NC1CCC(C(=O)O)CC1)C1(O)CCCC1. The van der Waals surface area contributed by atoms with Crippen LogP contribution in [0.3, 0.4) is 0 Å². The molecule has 0 aromatic heterocycles. The summed E-state index contributed by atoms with van der Waals surface area (Å²) >= 11 is 0. The van der Waals surface area contributed by atoms with Gasteiger partial charge >= 0.3 is 12.0 Å². The Kier molecular flexibility index (Phi) is 5.55. The number of nitrogens with one attached hydrogen (secondary N) is 2. The van der Waals surface area contributed by atoms with Gasteiger partial charge in [-0.2, -0.15) is 0 Å². The Morgan fingerprint density at radius 3 is 2.22 bits per heavy atom. The highest BCUT2D eigenvalue weighted by molar-refractivity contribution is 5.74. The summed E-state index contributed by atoms with van der Waals surface area (Å²) in [6.45, 7) is 4.42. The molecule has 2 rings (SSSR count). The predicted molar refractivity (Wildman–Crippen MR) is 87.1 cm³/mol. The molecule has 0 aromatic carbocycles. The molecule has 2 amide bonds. The fraction of sp³-hybridized carbons (Fsp3) is 0.882. The molecule has 0 atom stereocenters. The van der Waals surface area contributed by atoms with Crippen LogP contribution in [0, 0.1) is 11.3 Å². The molecule has 0 radical (unpaired) electrons. The summed E-state index contributed by atoms with van der Waals surface area (Å²) in [5, 5.41) is 25.5. The van der Waals surface area contributed by atoms with Gasteiger partial charge < -0.3 is 20.8 Å². The van der Waals surface area contributed by atoms with Crippen LogP contribution in [0.25, 0.3) is 0 Å². The molecule has 0 aromatic rings. The summed E-state index contributed by atoms with van der Waals surface area (Å²) < 4.78 is 0. The zero-order chi connectivity index (χ0) is 17.1. The second kappa shape index (κ2) is 7.07. The van der Waals surface area contributed by atoms with Crippen LogP contribution in [0.15, 0.2) is 0 Å². The van der Waals surface area contributed by atoms with E-state index in [1.807, 2.05) is 13.8 Å². The van der Waals surface area contributed by atoms with Crippen molar-refractivity contribution >= 4 is 12.0 Å². The van der Waals surface area contributed by atoms with E-state index in [-0.39, 0.29) is 23.4 Å². The van der Waals surface area contributed by atoms with Crippen LogP contribution < -0.4 is 10.6 Å². The molecule has 0 heterocycles. The Bertz CT molecular complexity index is 436. The molecular formula is C17H30N2O4. The van der Waals surface area contributed by atoms with E-state index in [0.717, 1.165) is 25.7 Å². The van der Waals surface area contributed by atoms with Crippen molar-refractivity contribution in [2.75, 3.05) is 6.54 Å². The topological polar surface area (TPSA) is 98.7 Å². The van der Waals surface area contributed by atoms with Gasteiger partial charge in [-0.05, 0) is 38.5 Å². The normalized spacial score (nSPS) is 27.4. The third-order valence-corrected chi connectivity index (χ3v) is 5.79. The maximum atomic E-state index is 12.1. The molecule has 2 fully saturated rings. The van der Waals surface area contributed by atoms with E-state index in [0.29, 0.717) is 32.2 Å². The van der Waals surface area contributed by atoms with Crippen LogP contribution in [0.5, 0.6) is 0 Å². The molecule has 0 bridgehead atoms. The highest BCUT2D eigenvalue weighted by Crippen LogP contribution is 2.43. The van der Waals surface area contributed by atoms with Crippen molar-refractivity contribution in [1.82, 2.24) is 10.6 Å². The number of aliphatic hydroxyl groups is 1. The first-order chi connectivity index (χ1) is 10.7. The van der Waals surface area contributed by atoms with Crippen molar-refractivity contribution < 1.29 is 19.8 Å². The molecule has 23 heavy (non-hydrogen) atoms. The lowest BCUT2D eigenvalue weighted by atomic mass is 9.73. The van der Waals surface area contributed by atoms with E-state index in [1.165, 1.54) is 0 Å². The number of hydrogen-bond acceptors (Lipinski definition) is 3. The molecule has 2 aliphatic rings. The second-order valence-electron chi connectivity index (χ2n) is 7.84. The van der Waals surface area contributed by atoms with Gasteiger partial charge in [0.1, 0.15) is 0 Å². The van der Waals surface area contributed by atoms with Crippen LogP contribution in [-0.2, 0) is 4.79 Å². The molecule has 6 heteroatoms. The monoisotopic (exact) mass is 326 g/mol. The summed E-state index contributed by atoms with van der Waals surface area (Å²) in [5.74, 6) is -1.01. The van der Waals surface area contributed by atoms with Gasteiger partial charge in [-0.15, -0.1) is 0 Å². The lowest BCUT2D eigenvalue weighted by Crippen LogP contribution is -2.52. The van der Waals surface area contributed by atoms with Crippen LogP contribution in [-0.4, -0.2) is 40.4 Å². The summed E-state index contributed by atoms with van der Waals surface area (Å²) in [5.41, 5.74) is -1.05. The Labute approximate surface area is 138 Å². The Morgan fingerprint density at radius 2 is 1.70 bits per heavy atom. The van der Waals surface area contributed by atoms with Crippen LogP contribution in [0.2, 0.25) is 0 Å². The van der Waals surface area contributed by atoms with Gasteiger partial charge in [-0.25, -0.2) is 4.79 Å². The lowest BCUT2D eigenvalue weighted by molar-refractivity contribution is -0.142. The number of urea groups is 1. The predicted octanol–water partition coefficient (Wildman–Crippen LogP) is 2.26. The first kappa shape index (κ1) is 18.0. The van der Waals surface area contributed by atoms with Gasteiger partial charge in [0.05, 0.1) is 11.5 Å². The average Bonchev–Trinajstić information content (AvgIpc) is 2.94. The number of rotatable bonds is 5. The van der Waals surface area contributed by atoms with Crippen LogP contribution in [0.4, 0.5) is 4.79 Å². The summed E-state index contributed by atoms with van der Waals surface area (Å²) in [6, 6.07) is -0.179. The lowest BCUT2D eigenvalue weighted by Gasteiger charge is -2.40. The highest BCUT2D eigenvalue weighted by atomic mass is 16.4. The maximum absolute atomic E-state index is 12.1. The Balaban J connectivity index is 1.74. The van der Waals surface area contributed by atoms with Crippen LogP contribution in [0.1, 0.15) is 65.2 Å². The first-order valence-electron chi connectivity index (χ1n) is 8.73. The van der Waals surface area contributed by atoms with Gasteiger partial charge in [-0.1, -0.05) is 26.7 Å². The number of carbonyl (C=O) groups excluding carboxylic acids is 1. The third-order valence-electron chi connectivity index (χ3n) is 5.79. The van der Waals surface area contributed by atoms with Gasteiger partial charge in [0, 0.05) is 18.0 Å². The molecule has 0 spiro atoms. The number of aliphatic carboxylic acids is 1. The van der Waals surface area contributed by atoms with Crippen LogP contribution >= 0.6 is 0 Å². The fourth-order valence-electron chi connectivity index (χ4n) is 3.82. The molecule has 0 aliphatic heterocycles. The van der Waals surface area contributed by atoms with Crippen molar-refractivity contribution in [3.63, 3.8) is 0 Å². The van der Waals surface area contributed by atoms with Gasteiger partial charge in [0.25, 0.3) is 0 Å². The molecule has 2 saturated carbocycles. The molecule has 4 N–H and O–H groups in total. The second-order valence-corrected chi connectivity index (χ2v) is 7.84. The van der Waals surface area contributed by atoms with E-state index in [4.69, 9.17) is 5.11 Å². The Morgan fingerprint density at radius 1 is 1.13 bits per heavy atom. The van der Waals surface area contributed by atoms with Gasteiger partial charge in [-0.3, -0.25) is 4.79 Å². The van der Waals surface area contributed by atoms with Crippen molar-refractivity contribution in [2.45, 2.75) is 76.9 Å². The quantitative estimate of drug-likeness (QED) is 0.623. The molecule has 0 unspecified atom stereocenters.